The van der Waals surface area contributed by atoms with Crippen molar-refractivity contribution in [3.63, 3.8) is 0 Å². The zero-order valence-electron chi connectivity index (χ0n) is 17.5. The summed E-state index contributed by atoms with van der Waals surface area (Å²) in [6.07, 6.45) is 0.108. The van der Waals surface area contributed by atoms with Crippen LogP contribution in [0.15, 0.2) is 48.5 Å². The highest BCUT2D eigenvalue weighted by molar-refractivity contribution is 8.23. The standard InChI is InChI=1S/C23H22ClN3O3S2/c1-15(28)16-6-8-17(9-7-16)25-10-12-26(13-11-25)23(31)32-20-14-21(29)27(22(20)30)19-5-3-2-4-18(19)24/h2-9,20H,10-14H2,1H3/t20-/m0/s1. The molecule has 0 radical (unpaired) electrons. The van der Waals surface area contributed by atoms with E-state index < -0.39 is 5.25 Å². The van der Waals surface area contributed by atoms with E-state index in [0.717, 1.165) is 31.9 Å². The van der Waals surface area contributed by atoms with Crippen LogP contribution in [-0.4, -0.2) is 58.2 Å². The maximum Gasteiger partial charge on any atom is 0.247 e. The number of thiocarbonyl (C=S) groups is 1. The summed E-state index contributed by atoms with van der Waals surface area (Å²) in [5.41, 5.74) is 2.19. The molecular weight excluding hydrogens is 466 g/mol. The first-order chi connectivity index (χ1) is 15.3. The predicted octanol–water partition coefficient (Wildman–Crippen LogP) is 4.01. The summed E-state index contributed by atoms with van der Waals surface area (Å²) in [7, 11) is 0. The van der Waals surface area contributed by atoms with Crippen LogP contribution in [0.3, 0.4) is 0 Å². The van der Waals surface area contributed by atoms with Crippen LogP contribution in [0.25, 0.3) is 0 Å². The second-order valence-corrected chi connectivity index (χ2v) is 9.92. The number of Topliss-reactive ketones (excluding diaryl/α,β-unsaturated/α-hetero) is 1. The zero-order valence-corrected chi connectivity index (χ0v) is 19.9. The third-order valence-electron chi connectivity index (χ3n) is 5.62. The second kappa shape index (κ2) is 9.60. The van der Waals surface area contributed by atoms with Crippen LogP contribution in [0.2, 0.25) is 5.02 Å². The van der Waals surface area contributed by atoms with Crippen LogP contribution in [0.1, 0.15) is 23.7 Å². The van der Waals surface area contributed by atoms with Gasteiger partial charge in [0.2, 0.25) is 11.8 Å². The molecule has 2 aromatic rings. The van der Waals surface area contributed by atoms with Crippen LogP contribution < -0.4 is 9.80 Å². The van der Waals surface area contributed by atoms with Gasteiger partial charge in [0, 0.05) is 43.9 Å². The summed E-state index contributed by atoms with van der Waals surface area (Å²) in [6, 6.07) is 14.5. The Kier molecular flexibility index (Phi) is 6.83. The molecule has 0 aliphatic carbocycles. The maximum absolute atomic E-state index is 12.9. The number of carbonyl (C=O) groups excluding carboxylic acids is 3. The van der Waals surface area contributed by atoms with Crippen molar-refractivity contribution in [2.24, 2.45) is 0 Å². The molecule has 0 bridgehead atoms. The summed E-state index contributed by atoms with van der Waals surface area (Å²) in [5, 5.41) is -0.168. The van der Waals surface area contributed by atoms with Gasteiger partial charge in [0.1, 0.15) is 9.57 Å². The van der Waals surface area contributed by atoms with E-state index in [4.69, 9.17) is 23.8 Å². The summed E-state index contributed by atoms with van der Waals surface area (Å²) in [4.78, 5) is 42.4. The normalized spacial score (nSPS) is 18.9. The Labute approximate surface area is 201 Å². The lowest BCUT2D eigenvalue weighted by molar-refractivity contribution is -0.121. The first-order valence-electron chi connectivity index (χ1n) is 10.3. The number of ketones is 1. The van der Waals surface area contributed by atoms with Gasteiger partial charge in [0.25, 0.3) is 0 Å². The van der Waals surface area contributed by atoms with Gasteiger partial charge in [-0.2, -0.15) is 0 Å². The first kappa shape index (κ1) is 22.8. The van der Waals surface area contributed by atoms with Crippen molar-refractivity contribution >= 4 is 68.9 Å². The van der Waals surface area contributed by atoms with Gasteiger partial charge in [-0.3, -0.25) is 14.4 Å². The fourth-order valence-electron chi connectivity index (χ4n) is 3.83. The number of halogens is 1. The quantitative estimate of drug-likeness (QED) is 0.367. The number of para-hydroxylation sites is 1. The van der Waals surface area contributed by atoms with Gasteiger partial charge in [-0.05, 0) is 43.3 Å². The Morgan fingerprint density at radius 1 is 1.03 bits per heavy atom. The Morgan fingerprint density at radius 2 is 1.69 bits per heavy atom. The van der Waals surface area contributed by atoms with E-state index >= 15 is 0 Å². The van der Waals surface area contributed by atoms with Crippen LogP contribution in [0.5, 0.6) is 0 Å². The molecular formula is C23H22ClN3O3S2. The van der Waals surface area contributed by atoms with Gasteiger partial charge in [-0.25, -0.2) is 4.90 Å². The number of hydrogen-bond donors (Lipinski definition) is 0. The number of amides is 2. The number of imide groups is 1. The van der Waals surface area contributed by atoms with E-state index in [9.17, 15) is 14.4 Å². The summed E-state index contributed by atoms with van der Waals surface area (Å²) < 4.78 is 0.628. The zero-order chi connectivity index (χ0) is 22.8. The Hall–Kier alpha value is -2.42. The van der Waals surface area contributed by atoms with Crippen LogP contribution >= 0.6 is 35.6 Å². The van der Waals surface area contributed by atoms with Gasteiger partial charge >= 0.3 is 0 Å². The number of thioether (sulfide) groups is 1. The molecule has 166 valence electrons. The van der Waals surface area contributed by atoms with Crippen molar-refractivity contribution in [3.05, 3.63) is 59.1 Å². The fraction of sp³-hybridized carbons (Fsp3) is 0.304. The Balaban J connectivity index is 1.34. The topological polar surface area (TPSA) is 60.9 Å². The Bertz CT molecular complexity index is 1070. The molecule has 2 aromatic carbocycles. The van der Waals surface area contributed by atoms with Crippen molar-refractivity contribution in [1.82, 2.24) is 4.90 Å². The van der Waals surface area contributed by atoms with Crippen LogP contribution in [0, 0.1) is 0 Å². The highest BCUT2D eigenvalue weighted by Crippen LogP contribution is 2.34. The lowest BCUT2D eigenvalue weighted by Crippen LogP contribution is -2.48. The summed E-state index contributed by atoms with van der Waals surface area (Å²) >= 11 is 13.1. The molecule has 32 heavy (non-hydrogen) atoms. The number of carbonyl (C=O) groups is 3. The lowest BCUT2D eigenvalue weighted by Gasteiger charge is -2.37. The highest BCUT2D eigenvalue weighted by Gasteiger charge is 2.41. The number of hydrogen-bond acceptors (Lipinski definition) is 6. The van der Waals surface area contributed by atoms with E-state index in [0.29, 0.717) is 20.6 Å². The van der Waals surface area contributed by atoms with E-state index in [-0.39, 0.29) is 24.0 Å². The van der Waals surface area contributed by atoms with Crippen LogP contribution in [-0.2, 0) is 9.59 Å². The van der Waals surface area contributed by atoms with Gasteiger partial charge in [-0.15, -0.1) is 0 Å². The molecule has 2 saturated heterocycles. The molecule has 9 heteroatoms. The van der Waals surface area contributed by atoms with Crippen molar-refractivity contribution in [2.75, 3.05) is 36.0 Å². The van der Waals surface area contributed by atoms with E-state index in [1.165, 1.54) is 16.7 Å². The molecule has 0 saturated carbocycles. The maximum atomic E-state index is 12.9. The van der Waals surface area contributed by atoms with Crippen molar-refractivity contribution < 1.29 is 14.4 Å². The summed E-state index contributed by atoms with van der Waals surface area (Å²) in [5.74, 6) is -0.487. The van der Waals surface area contributed by atoms with Gasteiger partial charge in [0.05, 0.1) is 10.7 Å². The average Bonchev–Trinajstić information content (AvgIpc) is 3.07. The largest absolute Gasteiger partial charge is 0.368 e. The minimum absolute atomic E-state index is 0.0526. The van der Waals surface area contributed by atoms with Gasteiger partial charge < -0.3 is 9.80 Å². The monoisotopic (exact) mass is 487 g/mol. The molecule has 0 unspecified atom stereocenters. The molecule has 2 fully saturated rings. The van der Waals surface area contributed by atoms with Crippen LogP contribution in [0.4, 0.5) is 11.4 Å². The fourth-order valence-corrected chi connectivity index (χ4v) is 5.59. The number of benzene rings is 2. The minimum atomic E-state index is -0.538. The number of piperazine rings is 1. The third-order valence-corrected chi connectivity index (χ3v) is 7.60. The predicted molar refractivity (Wildman–Crippen MR) is 133 cm³/mol. The molecule has 2 aliphatic heterocycles. The molecule has 0 N–H and O–H groups in total. The van der Waals surface area contributed by atoms with Crippen molar-refractivity contribution in [2.45, 2.75) is 18.6 Å². The number of anilines is 2. The molecule has 4 rings (SSSR count). The molecule has 1 atom stereocenters. The first-order valence-corrected chi connectivity index (χ1v) is 11.9. The van der Waals surface area contributed by atoms with Gasteiger partial charge in [-0.1, -0.05) is 47.7 Å². The number of rotatable bonds is 4. The van der Waals surface area contributed by atoms with E-state index in [2.05, 4.69) is 9.80 Å². The highest BCUT2D eigenvalue weighted by atomic mass is 35.5. The third kappa shape index (κ3) is 4.67. The lowest BCUT2D eigenvalue weighted by atomic mass is 10.1. The molecule has 0 aromatic heterocycles. The smallest absolute Gasteiger partial charge is 0.247 e. The molecule has 2 amide bonds. The molecule has 2 heterocycles. The van der Waals surface area contributed by atoms with Crippen molar-refractivity contribution in [3.8, 4) is 0 Å². The summed E-state index contributed by atoms with van der Waals surface area (Å²) in [6.45, 7) is 4.57. The van der Waals surface area contributed by atoms with E-state index in [1.807, 2.05) is 24.3 Å². The van der Waals surface area contributed by atoms with Gasteiger partial charge in [0.15, 0.2) is 5.78 Å². The van der Waals surface area contributed by atoms with Crippen molar-refractivity contribution in [1.29, 1.82) is 0 Å². The van der Waals surface area contributed by atoms with E-state index in [1.54, 1.807) is 31.2 Å². The molecule has 0 spiro atoms. The molecule has 2 aliphatic rings. The number of nitrogens with zero attached hydrogens (tertiary/aromatic N) is 3. The average molecular weight is 488 g/mol. The molecule has 6 nitrogen and oxygen atoms in total. The Morgan fingerprint density at radius 3 is 2.31 bits per heavy atom. The minimum Gasteiger partial charge on any atom is -0.368 e. The second-order valence-electron chi connectivity index (χ2n) is 7.67. The SMILES string of the molecule is CC(=O)c1ccc(N2CCN(C(=S)S[C@H]3CC(=O)N(c4ccccc4Cl)C3=O)CC2)cc1.